The highest BCUT2D eigenvalue weighted by molar-refractivity contribution is 9.10. The Hall–Kier alpha value is -1.07. The molecule has 94 valence electrons. The fourth-order valence-electron chi connectivity index (χ4n) is 1.28. The van der Waals surface area contributed by atoms with Crippen LogP contribution in [0.3, 0.4) is 0 Å². The number of carbonyl (C=O) groups is 1. The molecule has 0 saturated heterocycles. The third-order valence-corrected chi connectivity index (χ3v) is 3.12. The summed E-state index contributed by atoms with van der Waals surface area (Å²) in [5, 5.41) is 3.10. The van der Waals surface area contributed by atoms with Gasteiger partial charge in [0.25, 0.3) is 0 Å². The molecule has 1 rings (SSSR count). The Kier molecular flexibility index (Phi) is 5.44. The van der Waals surface area contributed by atoms with Crippen molar-refractivity contribution in [2.24, 2.45) is 0 Å². The monoisotopic (exact) mass is 300 g/mol. The van der Waals surface area contributed by atoms with E-state index in [9.17, 15) is 4.79 Å². The van der Waals surface area contributed by atoms with E-state index in [0.717, 1.165) is 15.8 Å². The molecule has 1 N–H and O–H groups in total. The molecule has 5 heteroatoms. The second-order valence-electron chi connectivity index (χ2n) is 3.85. The van der Waals surface area contributed by atoms with E-state index in [0.29, 0.717) is 13.1 Å². The molecule has 0 fully saturated rings. The Labute approximate surface area is 110 Å². The Morgan fingerprint density at radius 3 is 2.76 bits per heavy atom. The van der Waals surface area contributed by atoms with Crippen LogP contribution in [0, 0.1) is 0 Å². The van der Waals surface area contributed by atoms with Crippen LogP contribution < -0.4 is 10.1 Å². The lowest BCUT2D eigenvalue weighted by atomic mass is 10.2. The van der Waals surface area contributed by atoms with Crippen LogP contribution in [0.2, 0.25) is 0 Å². The van der Waals surface area contributed by atoms with Crippen LogP contribution in [0.1, 0.15) is 5.56 Å². The van der Waals surface area contributed by atoms with E-state index in [2.05, 4.69) is 21.2 Å². The van der Waals surface area contributed by atoms with Crippen LogP contribution in [-0.2, 0) is 11.3 Å². The molecule has 17 heavy (non-hydrogen) atoms. The number of carbonyl (C=O) groups excluding carboxylic acids is 1. The summed E-state index contributed by atoms with van der Waals surface area (Å²) < 4.78 is 6.15. The van der Waals surface area contributed by atoms with Gasteiger partial charge in [0.05, 0.1) is 13.7 Å². The van der Waals surface area contributed by atoms with E-state index in [1.54, 1.807) is 26.1 Å². The molecular weight excluding hydrogens is 284 g/mol. The van der Waals surface area contributed by atoms with Crippen molar-refractivity contribution in [2.75, 3.05) is 27.7 Å². The highest BCUT2D eigenvalue weighted by atomic mass is 79.9. The minimum atomic E-state index is 0.0593. The summed E-state index contributed by atoms with van der Waals surface area (Å²) >= 11 is 3.46. The molecule has 0 bridgehead atoms. The van der Waals surface area contributed by atoms with Crippen molar-refractivity contribution in [3.8, 4) is 5.75 Å². The molecular formula is C12H17BrN2O2. The van der Waals surface area contributed by atoms with E-state index >= 15 is 0 Å². The summed E-state index contributed by atoms with van der Waals surface area (Å²) in [5.41, 5.74) is 1.07. The standard InChI is InChI=1S/C12H17BrN2O2/c1-15(2)12(16)8-14-7-9-6-10(17-3)4-5-11(9)13/h4-6,14H,7-8H2,1-3H3. The van der Waals surface area contributed by atoms with E-state index in [4.69, 9.17) is 4.74 Å². The van der Waals surface area contributed by atoms with Crippen molar-refractivity contribution >= 4 is 21.8 Å². The molecule has 4 nitrogen and oxygen atoms in total. The molecule has 0 aliphatic heterocycles. The smallest absolute Gasteiger partial charge is 0.236 e. The van der Waals surface area contributed by atoms with Crippen LogP contribution >= 0.6 is 15.9 Å². The lowest BCUT2D eigenvalue weighted by molar-refractivity contribution is -0.127. The number of rotatable bonds is 5. The molecule has 1 amide bonds. The number of nitrogens with zero attached hydrogens (tertiary/aromatic N) is 1. The zero-order valence-electron chi connectivity index (χ0n) is 10.3. The first-order chi connectivity index (χ1) is 8.04. The predicted octanol–water partition coefficient (Wildman–Crippen LogP) is 1.64. The lowest BCUT2D eigenvalue weighted by Gasteiger charge is -2.12. The number of likely N-dealkylation sites (N-methyl/N-ethyl adjacent to an activating group) is 1. The van der Waals surface area contributed by atoms with Gasteiger partial charge in [0.15, 0.2) is 0 Å². The first kappa shape index (κ1) is 14.0. The minimum absolute atomic E-state index is 0.0593. The summed E-state index contributed by atoms with van der Waals surface area (Å²) in [7, 11) is 5.12. The Morgan fingerprint density at radius 1 is 1.47 bits per heavy atom. The molecule has 0 heterocycles. The quantitative estimate of drug-likeness (QED) is 0.899. The van der Waals surface area contributed by atoms with Gasteiger partial charge in [0, 0.05) is 25.1 Å². The minimum Gasteiger partial charge on any atom is -0.497 e. The summed E-state index contributed by atoms with van der Waals surface area (Å²) in [6.07, 6.45) is 0. The van der Waals surface area contributed by atoms with Crippen molar-refractivity contribution in [1.29, 1.82) is 0 Å². The van der Waals surface area contributed by atoms with Crippen molar-refractivity contribution < 1.29 is 9.53 Å². The molecule has 0 aliphatic rings. The third kappa shape index (κ3) is 4.36. The van der Waals surface area contributed by atoms with Crippen molar-refractivity contribution in [3.63, 3.8) is 0 Å². The maximum absolute atomic E-state index is 11.4. The highest BCUT2D eigenvalue weighted by Crippen LogP contribution is 2.22. The molecule has 0 aromatic heterocycles. The Bertz CT molecular complexity index is 394. The first-order valence-corrected chi connectivity index (χ1v) is 6.07. The van der Waals surface area contributed by atoms with Gasteiger partial charge in [-0.15, -0.1) is 0 Å². The summed E-state index contributed by atoms with van der Waals surface area (Å²) in [6, 6.07) is 5.76. The molecule has 0 radical (unpaired) electrons. The zero-order chi connectivity index (χ0) is 12.8. The summed E-state index contributed by atoms with van der Waals surface area (Å²) in [6.45, 7) is 0.952. The average Bonchev–Trinajstić information content (AvgIpc) is 2.31. The number of hydrogen-bond donors (Lipinski definition) is 1. The van der Waals surface area contributed by atoms with Crippen molar-refractivity contribution in [3.05, 3.63) is 28.2 Å². The van der Waals surface area contributed by atoms with Gasteiger partial charge in [-0.2, -0.15) is 0 Å². The van der Waals surface area contributed by atoms with Crippen LogP contribution in [-0.4, -0.2) is 38.6 Å². The van der Waals surface area contributed by atoms with Crippen LogP contribution in [0.25, 0.3) is 0 Å². The molecule has 0 saturated carbocycles. The molecule has 1 aromatic carbocycles. The van der Waals surface area contributed by atoms with Gasteiger partial charge in [-0.3, -0.25) is 4.79 Å². The fourth-order valence-corrected chi connectivity index (χ4v) is 1.66. The number of hydrogen-bond acceptors (Lipinski definition) is 3. The average molecular weight is 301 g/mol. The second kappa shape index (κ2) is 6.61. The van der Waals surface area contributed by atoms with Gasteiger partial charge in [0.1, 0.15) is 5.75 Å². The maximum atomic E-state index is 11.4. The predicted molar refractivity (Wildman–Crippen MR) is 71.1 cm³/mol. The van der Waals surface area contributed by atoms with Crippen LogP contribution in [0.5, 0.6) is 5.75 Å². The maximum Gasteiger partial charge on any atom is 0.236 e. The molecule has 0 unspecified atom stereocenters. The lowest BCUT2D eigenvalue weighted by Crippen LogP contribution is -2.32. The number of methoxy groups -OCH3 is 1. The van der Waals surface area contributed by atoms with Gasteiger partial charge in [-0.1, -0.05) is 15.9 Å². The fraction of sp³-hybridized carbons (Fsp3) is 0.417. The normalized spacial score (nSPS) is 10.1. The third-order valence-electron chi connectivity index (χ3n) is 2.34. The number of nitrogens with one attached hydrogen (secondary N) is 1. The Balaban J connectivity index is 2.54. The van der Waals surface area contributed by atoms with Gasteiger partial charge in [-0.05, 0) is 23.8 Å². The number of halogens is 1. The molecule has 0 atom stereocenters. The number of ether oxygens (including phenoxy) is 1. The van der Waals surface area contributed by atoms with Gasteiger partial charge in [0.2, 0.25) is 5.91 Å². The molecule has 0 aliphatic carbocycles. The van der Waals surface area contributed by atoms with Crippen LogP contribution in [0.4, 0.5) is 0 Å². The van der Waals surface area contributed by atoms with Gasteiger partial charge < -0.3 is 15.0 Å². The van der Waals surface area contributed by atoms with Crippen molar-refractivity contribution in [1.82, 2.24) is 10.2 Å². The van der Waals surface area contributed by atoms with Gasteiger partial charge in [-0.25, -0.2) is 0 Å². The Morgan fingerprint density at radius 2 is 2.18 bits per heavy atom. The largest absolute Gasteiger partial charge is 0.497 e. The first-order valence-electron chi connectivity index (χ1n) is 5.28. The zero-order valence-corrected chi connectivity index (χ0v) is 11.9. The van der Waals surface area contributed by atoms with Gasteiger partial charge >= 0.3 is 0 Å². The molecule has 0 spiro atoms. The summed E-state index contributed by atoms with van der Waals surface area (Å²) in [4.78, 5) is 12.9. The van der Waals surface area contributed by atoms with E-state index in [1.807, 2.05) is 18.2 Å². The highest BCUT2D eigenvalue weighted by Gasteiger charge is 2.05. The van der Waals surface area contributed by atoms with E-state index in [1.165, 1.54) is 0 Å². The van der Waals surface area contributed by atoms with Crippen molar-refractivity contribution in [2.45, 2.75) is 6.54 Å². The number of benzene rings is 1. The van der Waals surface area contributed by atoms with Crippen LogP contribution in [0.15, 0.2) is 22.7 Å². The summed E-state index contributed by atoms with van der Waals surface area (Å²) in [5.74, 6) is 0.868. The molecule has 1 aromatic rings. The topological polar surface area (TPSA) is 41.6 Å². The van der Waals surface area contributed by atoms with E-state index < -0.39 is 0 Å². The van der Waals surface area contributed by atoms with E-state index in [-0.39, 0.29) is 5.91 Å². The number of amides is 1. The SMILES string of the molecule is COc1ccc(Br)c(CNCC(=O)N(C)C)c1. The second-order valence-corrected chi connectivity index (χ2v) is 4.70.